The van der Waals surface area contributed by atoms with Gasteiger partial charge in [-0.05, 0) is 32.2 Å². The Hall–Kier alpha value is -0.130. The van der Waals surface area contributed by atoms with E-state index in [4.69, 9.17) is 0 Å². The second kappa shape index (κ2) is 5.27. The molecule has 4 nitrogen and oxygen atoms in total. The molecule has 1 fully saturated rings. The first-order valence-corrected chi connectivity index (χ1v) is 7.45. The van der Waals surface area contributed by atoms with E-state index in [1.165, 1.54) is 19.1 Å². The first-order valence-electron chi connectivity index (χ1n) is 5.56. The number of nitrogens with one attached hydrogen (secondary N) is 1. The molecule has 0 aromatic heterocycles. The summed E-state index contributed by atoms with van der Waals surface area (Å²) in [5, 5.41) is 0. The van der Waals surface area contributed by atoms with Crippen molar-refractivity contribution in [2.24, 2.45) is 5.92 Å². The smallest absolute Gasteiger partial charge is 0.208 e. The van der Waals surface area contributed by atoms with Crippen LogP contribution in [0.2, 0.25) is 0 Å². The Bertz CT molecular complexity index is 290. The van der Waals surface area contributed by atoms with Crippen molar-refractivity contribution in [3.05, 3.63) is 0 Å². The lowest BCUT2D eigenvalue weighted by atomic mass is 10.00. The van der Waals surface area contributed by atoms with E-state index in [-0.39, 0.29) is 6.04 Å². The third-order valence-electron chi connectivity index (χ3n) is 2.69. The minimum atomic E-state index is -3.06. The number of sulfonamides is 1. The summed E-state index contributed by atoms with van der Waals surface area (Å²) in [5.41, 5.74) is 0. The van der Waals surface area contributed by atoms with Gasteiger partial charge in [0.15, 0.2) is 0 Å². The fourth-order valence-electron chi connectivity index (χ4n) is 2.24. The average Bonchev–Trinajstić information content (AvgIpc) is 1.99. The van der Waals surface area contributed by atoms with Gasteiger partial charge in [-0.25, -0.2) is 13.1 Å². The zero-order valence-corrected chi connectivity index (χ0v) is 10.7. The lowest BCUT2D eigenvalue weighted by molar-refractivity contribution is 0.174. The fraction of sp³-hybridized carbons (Fsp3) is 1.00. The maximum Gasteiger partial charge on any atom is 0.208 e. The van der Waals surface area contributed by atoms with Crippen molar-refractivity contribution < 1.29 is 8.42 Å². The number of hydrogen-bond donors (Lipinski definition) is 1. The van der Waals surface area contributed by atoms with E-state index in [9.17, 15) is 8.42 Å². The minimum Gasteiger partial charge on any atom is -0.301 e. The highest BCUT2D eigenvalue weighted by molar-refractivity contribution is 7.88. The van der Waals surface area contributed by atoms with Crippen molar-refractivity contribution in [3.8, 4) is 0 Å². The largest absolute Gasteiger partial charge is 0.301 e. The van der Waals surface area contributed by atoms with E-state index in [0.29, 0.717) is 0 Å². The van der Waals surface area contributed by atoms with Crippen LogP contribution in [-0.4, -0.2) is 45.2 Å². The third kappa shape index (κ3) is 5.49. The minimum absolute atomic E-state index is 0.00491. The van der Waals surface area contributed by atoms with Gasteiger partial charge >= 0.3 is 0 Å². The lowest BCUT2D eigenvalue weighted by Crippen LogP contribution is -2.44. The molecule has 15 heavy (non-hydrogen) atoms. The van der Waals surface area contributed by atoms with Crippen LogP contribution in [0, 0.1) is 5.92 Å². The molecule has 5 heteroatoms. The van der Waals surface area contributed by atoms with Gasteiger partial charge < -0.3 is 4.90 Å². The molecule has 0 radical (unpaired) electrons. The van der Waals surface area contributed by atoms with Crippen molar-refractivity contribution in [3.63, 3.8) is 0 Å². The summed E-state index contributed by atoms with van der Waals surface area (Å²) in [7, 11) is -3.06. The molecule has 1 heterocycles. The maximum atomic E-state index is 11.0. The SMILES string of the molecule is C[C@H]1CCCN(C[C@H](C)NS(C)(=O)=O)C1. The van der Waals surface area contributed by atoms with Crippen LogP contribution in [0.15, 0.2) is 0 Å². The Morgan fingerprint density at radius 3 is 2.73 bits per heavy atom. The molecule has 1 aliphatic heterocycles. The molecule has 90 valence electrons. The fourth-order valence-corrected chi connectivity index (χ4v) is 3.05. The Labute approximate surface area is 93.1 Å². The molecular formula is C10H22N2O2S. The van der Waals surface area contributed by atoms with Crippen molar-refractivity contribution in [1.82, 2.24) is 9.62 Å². The molecule has 1 aliphatic rings. The van der Waals surface area contributed by atoms with E-state index in [1.807, 2.05) is 6.92 Å². The number of hydrogen-bond acceptors (Lipinski definition) is 3. The standard InChI is InChI=1S/C10H22N2O2S/c1-9-5-4-6-12(7-9)8-10(2)11-15(3,13)14/h9-11H,4-8H2,1-3H3/t9-,10-/m0/s1. The highest BCUT2D eigenvalue weighted by atomic mass is 32.2. The van der Waals surface area contributed by atoms with Crippen molar-refractivity contribution >= 4 is 10.0 Å². The number of likely N-dealkylation sites (tertiary alicyclic amines) is 1. The van der Waals surface area contributed by atoms with Crippen molar-refractivity contribution in [2.45, 2.75) is 32.7 Å². The molecule has 0 aromatic rings. The van der Waals surface area contributed by atoms with Crippen LogP contribution < -0.4 is 4.72 Å². The number of piperidine rings is 1. The summed E-state index contributed by atoms with van der Waals surface area (Å²) < 4.78 is 24.6. The van der Waals surface area contributed by atoms with E-state index in [2.05, 4.69) is 16.5 Å². The monoisotopic (exact) mass is 234 g/mol. The Morgan fingerprint density at radius 2 is 2.20 bits per heavy atom. The molecule has 1 rings (SSSR count). The van der Waals surface area contributed by atoms with E-state index in [1.54, 1.807) is 0 Å². The first-order chi connectivity index (χ1) is 6.87. The predicted molar refractivity (Wildman–Crippen MR) is 62.3 cm³/mol. The normalized spacial score (nSPS) is 26.5. The van der Waals surface area contributed by atoms with Gasteiger partial charge in [0.05, 0.1) is 6.26 Å². The van der Waals surface area contributed by atoms with Crippen LogP contribution in [0.5, 0.6) is 0 Å². The lowest BCUT2D eigenvalue weighted by Gasteiger charge is -2.32. The summed E-state index contributed by atoms with van der Waals surface area (Å²) in [5.74, 6) is 0.740. The topological polar surface area (TPSA) is 49.4 Å². The Kier molecular flexibility index (Phi) is 4.55. The van der Waals surface area contributed by atoms with Crippen LogP contribution in [-0.2, 0) is 10.0 Å². The van der Waals surface area contributed by atoms with E-state index in [0.717, 1.165) is 25.6 Å². The van der Waals surface area contributed by atoms with Crippen LogP contribution in [0.3, 0.4) is 0 Å². The van der Waals surface area contributed by atoms with Crippen molar-refractivity contribution in [2.75, 3.05) is 25.9 Å². The molecule has 0 bridgehead atoms. The van der Waals surface area contributed by atoms with Gasteiger partial charge in [-0.15, -0.1) is 0 Å². The van der Waals surface area contributed by atoms with Gasteiger partial charge in [-0.3, -0.25) is 0 Å². The van der Waals surface area contributed by atoms with Crippen LogP contribution in [0.25, 0.3) is 0 Å². The second-order valence-electron chi connectivity index (χ2n) is 4.80. The van der Waals surface area contributed by atoms with Gasteiger partial charge in [0, 0.05) is 19.1 Å². The van der Waals surface area contributed by atoms with Crippen LogP contribution >= 0.6 is 0 Å². The quantitative estimate of drug-likeness (QED) is 0.777. The van der Waals surface area contributed by atoms with E-state index >= 15 is 0 Å². The first kappa shape index (κ1) is 12.9. The second-order valence-corrected chi connectivity index (χ2v) is 6.58. The summed E-state index contributed by atoms with van der Waals surface area (Å²) in [6.07, 6.45) is 3.74. The maximum absolute atomic E-state index is 11.0. The number of nitrogens with zero attached hydrogens (tertiary/aromatic N) is 1. The van der Waals surface area contributed by atoms with Crippen LogP contribution in [0.4, 0.5) is 0 Å². The van der Waals surface area contributed by atoms with Crippen molar-refractivity contribution in [1.29, 1.82) is 0 Å². The highest BCUT2D eigenvalue weighted by Gasteiger charge is 2.19. The zero-order chi connectivity index (χ0) is 11.5. The summed E-state index contributed by atoms with van der Waals surface area (Å²) in [6, 6.07) is 0.00491. The zero-order valence-electron chi connectivity index (χ0n) is 9.86. The molecule has 0 unspecified atom stereocenters. The molecule has 0 saturated carbocycles. The van der Waals surface area contributed by atoms with Gasteiger partial charge in [0.2, 0.25) is 10.0 Å². The van der Waals surface area contributed by atoms with E-state index < -0.39 is 10.0 Å². The predicted octanol–water partition coefficient (Wildman–Crippen LogP) is 0.656. The summed E-state index contributed by atoms with van der Waals surface area (Å²) in [4.78, 5) is 2.34. The van der Waals surface area contributed by atoms with Gasteiger partial charge in [-0.1, -0.05) is 6.92 Å². The molecule has 0 aliphatic carbocycles. The molecule has 1 N–H and O–H groups in total. The van der Waals surface area contributed by atoms with Crippen LogP contribution in [0.1, 0.15) is 26.7 Å². The van der Waals surface area contributed by atoms with Gasteiger partial charge in [0.1, 0.15) is 0 Å². The molecule has 0 aromatic carbocycles. The Morgan fingerprint density at radius 1 is 1.53 bits per heavy atom. The molecule has 0 spiro atoms. The highest BCUT2D eigenvalue weighted by Crippen LogP contribution is 2.15. The summed E-state index contributed by atoms with van der Waals surface area (Å²) >= 11 is 0. The molecule has 2 atom stereocenters. The van der Waals surface area contributed by atoms with Gasteiger partial charge in [0.25, 0.3) is 0 Å². The molecule has 1 saturated heterocycles. The van der Waals surface area contributed by atoms with Gasteiger partial charge in [-0.2, -0.15) is 0 Å². The average molecular weight is 234 g/mol. The Balaban J connectivity index is 2.34. The summed E-state index contributed by atoms with van der Waals surface area (Å²) in [6.45, 7) is 7.18. The number of rotatable bonds is 4. The molecule has 0 amide bonds. The third-order valence-corrected chi connectivity index (χ3v) is 3.52. The molecular weight excluding hydrogens is 212 g/mol.